The van der Waals surface area contributed by atoms with Gasteiger partial charge in [-0.3, -0.25) is 4.79 Å². The average Bonchev–Trinajstić information content (AvgIpc) is 2.45. The van der Waals surface area contributed by atoms with Crippen molar-refractivity contribution < 1.29 is 19.1 Å². The smallest absolute Gasteiger partial charge is 0.338 e. The van der Waals surface area contributed by atoms with Crippen molar-refractivity contribution in [2.75, 3.05) is 6.61 Å². The van der Waals surface area contributed by atoms with Gasteiger partial charge in [0.15, 0.2) is 5.78 Å². The molecule has 0 fully saturated rings. The average molecular weight is 334 g/mol. The SMILES string of the molecule is CC(=O)c1ccc(C(=O)OC(C)(C)CCCCOC(C)(C)C)cc1. The first-order valence-electron chi connectivity index (χ1n) is 8.48. The summed E-state index contributed by atoms with van der Waals surface area (Å²) < 4.78 is 11.3. The molecule has 0 bridgehead atoms. The molecule has 0 saturated carbocycles. The highest BCUT2D eigenvalue weighted by atomic mass is 16.6. The summed E-state index contributed by atoms with van der Waals surface area (Å²) in [4.78, 5) is 23.5. The van der Waals surface area contributed by atoms with Gasteiger partial charge in [0, 0.05) is 12.2 Å². The molecule has 0 spiro atoms. The van der Waals surface area contributed by atoms with E-state index in [1.807, 2.05) is 34.6 Å². The van der Waals surface area contributed by atoms with Gasteiger partial charge >= 0.3 is 5.97 Å². The minimum atomic E-state index is -0.530. The van der Waals surface area contributed by atoms with Crippen LogP contribution in [0.3, 0.4) is 0 Å². The van der Waals surface area contributed by atoms with Crippen LogP contribution < -0.4 is 0 Å². The Bertz CT molecular complexity index is 550. The number of ketones is 1. The second-order valence-corrected chi connectivity index (χ2v) is 7.70. The Morgan fingerprint density at radius 1 is 0.917 bits per heavy atom. The molecule has 0 atom stereocenters. The lowest BCUT2D eigenvalue weighted by molar-refractivity contribution is -0.0153. The quantitative estimate of drug-likeness (QED) is 0.389. The Morgan fingerprint density at radius 3 is 1.96 bits per heavy atom. The number of rotatable bonds is 8. The zero-order chi connectivity index (χ0) is 18.4. The van der Waals surface area contributed by atoms with Gasteiger partial charge in [-0.05, 0) is 72.9 Å². The van der Waals surface area contributed by atoms with Crippen LogP contribution in [0.2, 0.25) is 0 Å². The third-order valence-electron chi connectivity index (χ3n) is 3.60. The Hall–Kier alpha value is -1.68. The lowest BCUT2D eigenvalue weighted by Gasteiger charge is -2.25. The van der Waals surface area contributed by atoms with Gasteiger partial charge in [0.1, 0.15) is 5.60 Å². The summed E-state index contributed by atoms with van der Waals surface area (Å²) in [5.41, 5.74) is 0.403. The highest BCUT2D eigenvalue weighted by molar-refractivity contribution is 5.96. The fourth-order valence-electron chi connectivity index (χ4n) is 2.23. The molecule has 0 heterocycles. The number of carbonyl (C=O) groups excluding carboxylic acids is 2. The van der Waals surface area contributed by atoms with Crippen molar-refractivity contribution in [3.8, 4) is 0 Å². The molecule has 24 heavy (non-hydrogen) atoms. The highest BCUT2D eigenvalue weighted by Crippen LogP contribution is 2.21. The first kappa shape index (κ1) is 20.4. The predicted octanol–water partition coefficient (Wildman–Crippen LogP) is 4.81. The number of hydrogen-bond acceptors (Lipinski definition) is 4. The van der Waals surface area contributed by atoms with Crippen LogP contribution in [0.15, 0.2) is 24.3 Å². The molecule has 0 radical (unpaired) electrons. The van der Waals surface area contributed by atoms with E-state index in [0.29, 0.717) is 17.7 Å². The molecule has 0 aliphatic rings. The first-order valence-corrected chi connectivity index (χ1v) is 8.48. The number of unbranched alkanes of at least 4 members (excludes halogenated alkanes) is 1. The second-order valence-electron chi connectivity index (χ2n) is 7.70. The van der Waals surface area contributed by atoms with E-state index in [9.17, 15) is 9.59 Å². The summed E-state index contributed by atoms with van der Waals surface area (Å²) in [6.07, 6.45) is 2.64. The van der Waals surface area contributed by atoms with E-state index in [-0.39, 0.29) is 17.4 Å². The molecule has 134 valence electrons. The third-order valence-corrected chi connectivity index (χ3v) is 3.60. The van der Waals surface area contributed by atoms with E-state index in [2.05, 4.69) is 0 Å². The van der Waals surface area contributed by atoms with Gasteiger partial charge in [-0.25, -0.2) is 4.79 Å². The summed E-state index contributed by atoms with van der Waals surface area (Å²) in [5, 5.41) is 0. The monoisotopic (exact) mass is 334 g/mol. The maximum absolute atomic E-state index is 12.2. The van der Waals surface area contributed by atoms with Crippen molar-refractivity contribution in [3.05, 3.63) is 35.4 Å². The molecule has 0 aliphatic carbocycles. The van der Waals surface area contributed by atoms with Gasteiger partial charge in [-0.2, -0.15) is 0 Å². The molecular weight excluding hydrogens is 304 g/mol. The molecule has 0 saturated heterocycles. The molecule has 0 aromatic heterocycles. The molecule has 0 aliphatic heterocycles. The summed E-state index contributed by atoms with van der Waals surface area (Å²) in [7, 11) is 0. The van der Waals surface area contributed by atoms with Crippen LogP contribution in [-0.4, -0.2) is 29.6 Å². The maximum atomic E-state index is 12.2. The summed E-state index contributed by atoms with van der Waals surface area (Å²) in [6, 6.07) is 6.56. The van der Waals surface area contributed by atoms with Crippen LogP contribution in [0.4, 0.5) is 0 Å². The fourth-order valence-corrected chi connectivity index (χ4v) is 2.23. The largest absolute Gasteiger partial charge is 0.456 e. The van der Waals surface area contributed by atoms with Crippen molar-refractivity contribution in [1.82, 2.24) is 0 Å². The van der Waals surface area contributed by atoms with Gasteiger partial charge in [-0.1, -0.05) is 12.1 Å². The minimum Gasteiger partial charge on any atom is -0.456 e. The van der Waals surface area contributed by atoms with E-state index in [0.717, 1.165) is 19.3 Å². The van der Waals surface area contributed by atoms with Crippen LogP contribution >= 0.6 is 0 Å². The van der Waals surface area contributed by atoms with E-state index in [4.69, 9.17) is 9.47 Å². The Morgan fingerprint density at radius 2 is 1.46 bits per heavy atom. The number of Topliss-reactive ketones (excluding diaryl/α,β-unsaturated/α-hetero) is 1. The molecular formula is C20H30O4. The van der Waals surface area contributed by atoms with Gasteiger partial charge in [0.2, 0.25) is 0 Å². The topological polar surface area (TPSA) is 52.6 Å². The molecule has 0 N–H and O–H groups in total. The number of hydrogen-bond donors (Lipinski definition) is 0. The van der Waals surface area contributed by atoms with Crippen molar-refractivity contribution in [2.24, 2.45) is 0 Å². The zero-order valence-electron chi connectivity index (χ0n) is 15.8. The molecule has 1 aromatic rings. The van der Waals surface area contributed by atoms with Crippen LogP contribution in [-0.2, 0) is 9.47 Å². The van der Waals surface area contributed by atoms with Gasteiger partial charge in [0.05, 0.1) is 11.2 Å². The van der Waals surface area contributed by atoms with Crippen molar-refractivity contribution >= 4 is 11.8 Å². The van der Waals surface area contributed by atoms with E-state index in [1.54, 1.807) is 24.3 Å². The predicted molar refractivity (Wildman–Crippen MR) is 95.5 cm³/mol. The second kappa shape index (κ2) is 8.43. The van der Waals surface area contributed by atoms with E-state index < -0.39 is 5.60 Å². The Labute approximate surface area is 145 Å². The Balaban J connectivity index is 2.45. The van der Waals surface area contributed by atoms with Crippen LogP contribution in [0.5, 0.6) is 0 Å². The number of benzene rings is 1. The lowest BCUT2D eigenvalue weighted by Crippen LogP contribution is -2.28. The molecule has 4 heteroatoms. The van der Waals surface area contributed by atoms with Crippen LogP contribution in [0.1, 0.15) is 81.5 Å². The van der Waals surface area contributed by atoms with Crippen LogP contribution in [0, 0.1) is 0 Å². The first-order chi connectivity index (χ1) is 11.0. The summed E-state index contributed by atoms with van der Waals surface area (Å²) in [6.45, 7) is 12.2. The standard InChI is InChI=1S/C20H30O4/c1-15(21)16-9-11-17(12-10-16)18(22)24-20(5,6)13-7-8-14-23-19(2,3)4/h9-12H,7-8,13-14H2,1-6H3. The highest BCUT2D eigenvalue weighted by Gasteiger charge is 2.23. The number of carbonyl (C=O) groups is 2. The van der Waals surface area contributed by atoms with Gasteiger partial charge in [0.25, 0.3) is 0 Å². The van der Waals surface area contributed by atoms with Crippen molar-refractivity contribution in [3.63, 3.8) is 0 Å². The maximum Gasteiger partial charge on any atom is 0.338 e. The Kier molecular flexibility index (Phi) is 7.15. The van der Waals surface area contributed by atoms with Gasteiger partial charge in [-0.15, -0.1) is 0 Å². The van der Waals surface area contributed by atoms with E-state index >= 15 is 0 Å². The summed E-state index contributed by atoms with van der Waals surface area (Å²) in [5.74, 6) is -0.381. The molecule has 4 nitrogen and oxygen atoms in total. The lowest BCUT2D eigenvalue weighted by atomic mass is 10.0. The molecule has 0 amide bonds. The fraction of sp³-hybridized carbons (Fsp3) is 0.600. The molecule has 1 rings (SSSR count). The van der Waals surface area contributed by atoms with Crippen molar-refractivity contribution in [1.29, 1.82) is 0 Å². The van der Waals surface area contributed by atoms with Gasteiger partial charge < -0.3 is 9.47 Å². The molecule has 0 unspecified atom stereocenters. The zero-order valence-corrected chi connectivity index (χ0v) is 15.8. The third kappa shape index (κ3) is 7.73. The van der Waals surface area contributed by atoms with Crippen LogP contribution in [0.25, 0.3) is 0 Å². The number of esters is 1. The minimum absolute atomic E-state index is 0.0206. The summed E-state index contributed by atoms with van der Waals surface area (Å²) >= 11 is 0. The normalized spacial score (nSPS) is 12.1. The van der Waals surface area contributed by atoms with Crippen molar-refractivity contribution in [2.45, 2.75) is 72.0 Å². The number of ether oxygens (including phenoxy) is 2. The van der Waals surface area contributed by atoms with E-state index in [1.165, 1.54) is 6.92 Å². The molecule has 1 aromatic carbocycles.